The number of Topliss-reactive ketones (excluding diaryl/α,β-unsaturated/α-hetero) is 1. The number of anilines is 2. The Labute approximate surface area is 254 Å². The first kappa shape index (κ1) is 28.1. The Morgan fingerprint density at radius 1 is 1.17 bits per heavy atom. The molecule has 2 N–H and O–H groups in total. The largest absolute Gasteiger partial charge is 0.506 e. The predicted octanol–water partition coefficient (Wildman–Crippen LogP) is 7.79. The van der Waals surface area contributed by atoms with E-state index in [0.29, 0.717) is 27.3 Å². The van der Waals surface area contributed by atoms with Crippen LogP contribution in [0.25, 0.3) is 0 Å². The van der Waals surface area contributed by atoms with Crippen LogP contribution in [0, 0.1) is 11.2 Å². The molecule has 6 rings (SSSR count). The van der Waals surface area contributed by atoms with Gasteiger partial charge in [-0.1, -0.05) is 50.2 Å². The van der Waals surface area contributed by atoms with Crippen molar-refractivity contribution < 1.29 is 23.8 Å². The van der Waals surface area contributed by atoms with E-state index in [4.69, 9.17) is 4.74 Å². The summed E-state index contributed by atoms with van der Waals surface area (Å²) >= 11 is 4.65. The molecule has 1 aliphatic heterocycles. The van der Waals surface area contributed by atoms with Crippen LogP contribution in [0.4, 0.5) is 15.8 Å². The third-order valence-electron chi connectivity index (χ3n) is 7.47. The maximum Gasteiger partial charge on any atom is 0.279 e. The quantitative estimate of drug-likeness (QED) is 0.215. The number of nitrogens with one attached hydrogen (secondary N) is 1. The molecule has 2 heterocycles. The van der Waals surface area contributed by atoms with Crippen LogP contribution in [0.5, 0.6) is 11.5 Å². The molecule has 42 heavy (non-hydrogen) atoms. The number of allylic oxidation sites excluding steroid dienone is 1. The molecule has 10 heteroatoms. The summed E-state index contributed by atoms with van der Waals surface area (Å²) in [4.78, 5) is 33.8. The highest BCUT2D eigenvalue weighted by atomic mass is 79.9. The number of carbonyl (C=O) groups is 2. The van der Waals surface area contributed by atoms with Gasteiger partial charge in [-0.3, -0.25) is 14.5 Å². The Kier molecular flexibility index (Phi) is 7.36. The number of hydrogen-bond donors (Lipinski definition) is 2. The Balaban J connectivity index is 1.53. The number of thiazole rings is 1. The molecule has 0 fully saturated rings. The summed E-state index contributed by atoms with van der Waals surface area (Å²) in [5.74, 6) is -1.16. The molecule has 1 aliphatic carbocycles. The van der Waals surface area contributed by atoms with Crippen LogP contribution in [0.3, 0.4) is 0 Å². The van der Waals surface area contributed by atoms with Crippen LogP contribution in [0.1, 0.15) is 54.3 Å². The number of aromatic hydroxyl groups is 1. The molecule has 1 aromatic heterocycles. The van der Waals surface area contributed by atoms with Crippen molar-refractivity contribution in [3.8, 4) is 11.5 Å². The van der Waals surface area contributed by atoms with Crippen molar-refractivity contribution in [2.75, 3.05) is 10.2 Å². The molecule has 0 spiro atoms. The average molecular weight is 649 g/mol. The third-order valence-corrected chi connectivity index (χ3v) is 9.02. The number of para-hydroxylation sites is 1. The van der Waals surface area contributed by atoms with Crippen LogP contribution >= 0.6 is 27.3 Å². The minimum absolute atomic E-state index is 0.101. The standard InChI is InChI=1S/C32H27BrFN3O4S/c1-32(2)14-22-26(25(39)15-32)29(20-12-11-19(13-21(20)34)41-16-18-7-4-3-5-8-18)37(31(40)28-30(33)42-17-35-28)23-9-6-10-24(38)27(23)36-22/h3-13,17,29,36,38H,14-16H2,1-2H3. The van der Waals surface area contributed by atoms with Gasteiger partial charge < -0.3 is 15.2 Å². The lowest BCUT2D eigenvalue weighted by atomic mass is 9.73. The summed E-state index contributed by atoms with van der Waals surface area (Å²) in [7, 11) is 0. The zero-order valence-corrected chi connectivity index (χ0v) is 25.3. The number of halogens is 2. The molecule has 0 bridgehead atoms. The Hall–Kier alpha value is -4.02. The molecule has 214 valence electrons. The second kappa shape index (κ2) is 11.0. The van der Waals surface area contributed by atoms with E-state index in [0.717, 1.165) is 5.56 Å². The predicted molar refractivity (Wildman–Crippen MR) is 163 cm³/mol. The van der Waals surface area contributed by atoms with Gasteiger partial charge in [0.2, 0.25) is 0 Å². The Morgan fingerprint density at radius 2 is 1.95 bits per heavy atom. The second-order valence-electron chi connectivity index (χ2n) is 11.1. The Morgan fingerprint density at radius 3 is 2.67 bits per heavy atom. The normalized spacial score (nSPS) is 17.7. The lowest BCUT2D eigenvalue weighted by Crippen LogP contribution is -2.40. The summed E-state index contributed by atoms with van der Waals surface area (Å²) < 4.78 is 22.6. The molecule has 1 unspecified atom stereocenters. The molecule has 1 atom stereocenters. The fraction of sp³-hybridized carbons (Fsp3) is 0.219. The van der Waals surface area contributed by atoms with E-state index >= 15 is 4.39 Å². The van der Waals surface area contributed by atoms with E-state index in [2.05, 4.69) is 26.2 Å². The van der Waals surface area contributed by atoms with Crippen LogP contribution in [0.2, 0.25) is 0 Å². The number of phenols is 1. The molecule has 0 radical (unpaired) electrons. The molecule has 7 nitrogen and oxygen atoms in total. The fourth-order valence-electron chi connectivity index (χ4n) is 5.61. The van der Waals surface area contributed by atoms with Gasteiger partial charge in [0.1, 0.15) is 33.4 Å². The summed E-state index contributed by atoms with van der Waals surface area (Å²) in [5.41, 5.74) is 3.71. The lowest BCUT2D eigenvalue weighted by molar-refractivity contribution is -0.118. The van der Waals surface area contributed by atoms with E-state index in [1.165, 1.54) is 33.9 Å². The van der Waals surface area contributed by atoms with Crippen molar-refractivity contribution in [2.24, 2.45) is 5.41 Å². The van der Waals surface area contributed by atoms with Gasteiger partial charge in [-0.2, -0.15) is 0 Å². The second-order valence-corrected chi connectivity index (χ2v) is 13.3. The number of ketones is 1. The van der Waals surface area contributed by atoms with Gasteiger partial charge in [0.15, 0.2) is 11.5 Å². The van der Waals surface area contributed by atoms with E-state index in [9.17, 15) is 14.7 Å². The minimum atomic E-state index is -1.14. The summed E-state index contributed by atoms with van der Waals surface area (Å²) in [6.45, 7) is 4.22. The van der Waals surface area contributed by atoms with E-state index in [1.807, 2.05) is 44.2 Å². The summed E-state index contributed by atoms with van der Waals surface area (Å²) in [6.07, 6.45) is 0.676. The van der Waals surface area contributed by atoms with Gasteiger partial charge in [0, 0.05) is 29.3 Å². The molecular formula is C32H27BrFN3O4S. The van der Waals surface area contributed by atoms with Gasteiger partial charge in [0.25, 0.3) is 5.91 Å². The van der Waals surface area contributed by atoms with Crippen molar-refractivity contribution in [1.29, 1.82) is 0 Å². The van der Waals surface area contributed by atoms with Crippen molar-refractivity contribution >= 4 is 50.3 Å². The maximum absolute atomic E-state index is 16.2. The van der Waals surface area contributed by atoms with Gasteiger partial charge in [-0.25, -0.2) is 9.37 Å². The summed E-state index contributed by atoms with van der Waals surface area (Å²) in [5, 5.41) is 14.2. The van der Waals surface area contributed by atoms with E-state index < -0.39 is 17.8 Å². The van der Waals surface area contributed by atoms with Crippen molar-refractivity contribution in [3.63, 3.8) is 0 Å². The molecular weight excluding hydrogens is 621 g/mol. The van der Waals surface area contributed by atoms with Crippen molar-refractivity contribution in [2.45, 2.75) is 39.3 Å². The number of benzene rings is 3. The fourth-order valence-corrected chi connectivity index (χ4v) is 6.63. The van der Waals surface area contributed by atoms with Gasteiger partial charge in [-0.05, 0) is 57.6 Å². The van der Waals surface area contributed by atoms with Crippen LogP contribution < -0.4 is 15.0 Å². The number of nitrogens with zero attached hydrogens (tertiary/aromatic N) is 2. The zero-order chi connectivity index (χ0) is 29.6. The minimum Gasteiger partial charge on any atom is -0.506 e. The monoisotopic (exact) mass is 647 g/mol. The SMILES string of the molecule is CC1(C)CC(=O)C2=C(C1)Nc1c(O)cccc1N(C(=O)c1ncsc1Br)C2c1ccc(OCc2ccccc2)cc1F. The number of rotatable bonds is 5. The van der Waals surface area contributed by atoms with E-state index in [1.54, 1.807) is 24.3 Å². The average Bonchev–Trinajstić information content (AvgIpc) is 3.32. The first-order valence-corrected chi connectivity index (χ1v) is 15.0. The maximum atomic E-state index is 16.2. The molecule has 2 aliphatic rings. The van der Waals surface area contributed by atoms with Crippen LogP contribution in [-0.2, 0) is 11.4 Å². The van der Waals surface area contributed by atoms with Gasteiger partial charge in [0.05, 0.1) is 17.2 Å². The number of fused-ring (bicyclic) bond motifs is 1. The first-order chi connectivity index (χ1) is 20.1. The summed E-state index contributed by atoms with van der Waals surface area (Å²) in [6, 6.07) is 17.7. The number of phenolic OH excluding ortho intramolecular Hbond substituents is 1. The molecule has 3 aromatic carbocycles. The third kappa shape index (κ3) is 5.20. The van der Waals surface area contributed by atoms with Crippen molar-refractivity contribution in [3.05, 3.63) is 110 Å². The number of aromatic nitrogens is 1. The topological polar surface area (TPSA) is 91.8 Å². The number of carbonyl (C=O) groups excluding carboxylic acids is 2. The first-order valence-electron chi connectivity index (χ1n) is 13.4. The zero-order valence-electron chi connectivity index (χ0n) is 22.9. The number of hydrogen-bond acceptors (Lipinski definition) is 7. The smallest absolute Gasteiger partial charge is 0.279 e. The molecule has 0 saturated heterocycles. The highest BCUT2D eigenvalue weighted by Crippen LogP contribution is 2.51. The number of ether oxygens (including phenoxy) is 1. The molecule has 0 saturated carbocycles. The lowest BCUT2D eigenvalue weighted by Gasteiger charge is -2.37. The van der Waals surface area contributed by atoms with Crippen LogP contribution in [-0.4, -0.2) is 21.8 Å². The van der Waals surface area contributed by atoms with Crippen LogP contribution in [0.15, 0.2) is 87.3 Å². The number of amides is 1. The highest BCUT2D eigenvalue weighted by molar-refractivity contribution is 9.11. The van der Waals surface area contributed by atoms with E-state index in [-0.39, 0.29) is 52.5 Å². The highest BCUT2D eigenvalue weighted by Gasteiger charge is 2.45. The molecule has 1 amide bonds. The van der Waals surface area contributed by atoms with Crippen molar-refractivity contribution in [1.82, 2.24) is 4.98 Å². The Bertz CT molecular complexity index is 1740. The van der Waals surface area contributed by atoms with Gasteiger partial charge >= 0.3 is 0 Å². The van der Waals surface area contributed by atoms with Gasteiger partial charge in [-0.15, -0.1) is 11.3 Å². The molecule has 4 aromatic rings.